The first-order valence-corrected chi connectivity index (χ1v) is 4.53. The van der Waals surface area contributed by atoms with E-state index in [1.165, 1.54) is 5.56 Å². The van der Waals surface area contributed by atoms with Gasteiger partial charge in [-0.2, -0.15) is 0 Å². The van der Waals surface area contributed by atoms with Gasteiger partial charge in [0.2, 0.25) is 0 Å². The summed E-state index contributed by atoms with van der Waals surface area (Å²) in [5.74, 6) is 6.29. The number of rotatable bonds is 2. The van der Waals surface area contributed by atoms with E-state index in [-0.39, 0.29) is 0 Å². The zero-order valence-electron chi connectivity index (χ0n) is 8.22. The van der Waals surface area contributed by atoms with Crippen LogP contribution in [0.2, 0.25) is 0 Å². The first kappa shape index (κ1) is 9.83. The molecule has 0 unspecified atom stereocenters. The van der Waals surface area contributed by atoms with Crippen molar-refractivity contribution >= 4 is 0 Å². The van der Waals surface area contributed by atoms with Crippen LogP contribution in [0, 0.1) is 18.8 Å². The second kappa shape index (κ2) is 5.40. The standard InChI is InChI=1S/C12H15N/c1-11-7-3-4-8-12(11)9-5-6-10-13-2/h3-4,7-8,13H,6,10H2,1-2H3. The first-order valence-electron chi connectivity index (χ1n) is 4.53. The fourth-order valence-corrected chi connectivity index (χ4v) is 1.06. The van der Waals surface area contributed by atoms with Gasteiger partial charge in [-0.25, -0.2) is 0 Å². The molecule has 0 heterocycles. The van der Waals surface area contributed by atoms with Crippen molar-refractivity contribution in [2.24, 2.45) is 0 Å². The largest absolute Gasteiger partial charge is 0.319 e. The summed E-state index contributed by atoms with van der Waals surface area (Å²) in [6.07, 6.45) is 0.908. The summed E-state index contributed by atoms with van der Waals surface area (Å²) < 4.78 is 0. The normalized spacial score (nSPS) is 9.08. The van der Waals surface area contributed by atoms with Gasteiger partial charge >= 0.3 is 0 Å². The van der Waals surface area contributed by atoms with Crippen LogP contribution in [-0.2, 0) is 0 Å². The van der Waals surface area contributed by atoms with Crippen LogP contribution in [0.15, 0.2) is 24.3 Å². The van der Waals surface area contributed by atoms with Crippen molar-refractivity contribution in [3.8, 4) is 11.8 Å². The van der Waals surface area contributed by atoms with Gasteiger partial charge in [-0.15, -0.1) is 0 Å². The van der Waals surface area contributed by atoms with Crippen LogP contribution >= 0.6 is 0 Å². The number of nitrogens with one attached hydrogen (secondary N) is 1. The van der Waals surface area contributed by atoms with E-state index in [0.29, 0.717) is 0 Å². The maximum Gasteiger partial charge on any atom is 0.0274 e. The SMILES string of the molecule is CNCCC#Cc1ccccc1C. The highest BCUT2D eigenvalue weighted by atomic mass is 14.8. The third-order valence-corrected chi connectivity index (χ3v) is 1.87. The number of benzene rings is 1. The van der Waals surface area contributed by atoms with Gasteiger partial charge in [0.15, 0.2) is 0 Å². The Bertz CT molecular complexity index is 317. The molecule has 0 spiro atoms. The molecule has 0 saturated carbocycles. The van der Waals surface area contributed by atoms with E-state index < -0.39 is 0 Å². The Balaban J connectivity index is 2.61. The molecular formula is C12H15N. The molecule has 1 rings (SSSR count). The Morgan fingerprint density at radius 3 is 2.77 bits per heavy atom. The van der Waals surface area contributed by atoms with Crippen LogP contribution in [0.25, 0.3) is 0 Å². The smallest absolute Gasteiger partial charge is 0.0274 e. The van der Waals surface area contributed by atoms with Gasteiger partial charge < -0.3 is 5.32 Å². The van der Waals surface area contributed by atoms with Crippen LogP contribution in [0.3, 0.4) is 0 Å². The van der Waals surface area contributed by atoms with Crippen molar-refractivity contribution in [2.45, 2.75) is 13.3 Å². The van der Waals surface area contributed by atoms with Crippen LogP contribution in [-0.4, -0.2) is 13.6 Å². The minimum absolute atomic E-state index is 0.908. The predicted octanol–water partition coefficient (Wildman–Crippen LogP) is 1.96. The molecule has 68 valence electrons. The van der Waals surface area contributed by atoms with E-state index in [4.69, 9.17) is 0 Å². The second-order valence-electron chi connectivity index (χ2n) is 2.97. The van der Waals surface area contributed by atoms with Gasteiger partial charge in [-0.1, -0.05) is 30.0 Å². The minimum Gasteiger partial charge on any atom is -0.319 e. The minimum atomic E-state index is 0.908. The molecule has 0 radical (unpaired) electrons. The van der Waals surface area contributed by atoms with Crippen LogP contribution in [0.4, 0.5) is 0 Å². The average Bonchev–Trinajstić information content (AvgIpc) is 2.15. The second-order valence-corrected chi connectivity index (χ2v) is 2.97. The fourth-order valence-electron chi connectivity index (χ4n) is 1.06. The highest BCUT2D eigenvalue weighted by Crippen LogP contribution is 2.04. The first-order chi connectivity index (χ1) is 6.34. The van der Waals surface area contributed by atoms with Crippen LogP contribution in [0.1, 0.15) is 17.5 Å². The molecule has 13 heavy (non-hydrogen) atoms. The number of aryl methyl sites for hydroxylation is 1. The summed E-state index contributed by atoms with van der Waals surface area (Å²) in [6.45, 7) is 3.04. The molecule has 0 saturated heterocycles. The van der Waals surface area contributed by atoms with Crippen molar-refractivity contribution in [3.05, 3.63) is 35.4 Å². The summed E-state index contributed by atoms with van der Waals surface area (Å²) in [4.78, 5) is 0. The zero-order valence-corrected chi connectivity index (χ0v) is 8.22. The Morgan fingerprint density at radius 2 is 2.08 bits per heavy atom. The van der Waals surface area contributed by atoms with Crippen LogP contribution < -0.4 is 5.32 Å². The molecule has 0 aliphatic rings. The molecule has 0 bridgehead atoms. The number of hydrogen-bond donors (Lipinski definition) is 1. The lowest BCUT2D eigenvalue weighted by Crippen LogP contribution is -2.05. The maximum absolute atomic E-state index is 3.16. The van der Waals surface area contributed by atoms with Crippen molar-refractivity contribution in [3.63, 3.8) is 0 Å². The molecule has 0 amide bonds. The van der Waals surface area contributed by atoms with Gasteiger partial charge in [-0.3, -0.25) is 0 Å². The number of hydrogen-bond acceptors (Lipinski definition) is 1. The molecule has 0 aliphatic heterocycles. The monoisotopic (exact) mass is 173 g/mol. The molecule has 0 atom stereocenters. The lowest BCUT2D eigenvalue weighted by Gasteiger charge is -1.94. The predicted molar refractivity (Wildman–Crippen MR) is 56.6 cm³/mol. The highest BCUT2D eigenvalue weighted by Gasteiger charge is 1.89. The third-order valence-electron chi connectivity index (χ3n) is 1.87. The van der Waals surface area contributed by atoms with E-state index in [9.17, 15) is 0 Å². The van der Waals surface area contributed by atoms with Gasteiger partial charge in [0, 0.05) is 18.5 Å². The Kier molecular flexibility index (Phi) is 4.08. The molecule has 0 fully saturated rings. The molecule has 1 aromatic carbocycles. The quantitative estimate of drug-likeness (QED) is 0.532. The van der Waals surface area contributed by atoms with Crippen molar-refractivity contribution < 1.29 is 0 Å². The van der Waals surface area contributed by atoms with E-state index in [0.717, 1.165) is 18.5 Å². The summed E-state index contributed by atoms with van der Waals surface area (Å²) in [7, 11) is 1.94. The lowest BCUT2D eigenvalue weighted by atomic mass is 10.1. The van der Waals surface area contributed by atoms with Crippen molar-refractivity contribution in [1.29, 1.82) is 0 Å². The van der Waals surface area contributed by atoms with E-state index in [1.807, 2.05) is 19.2 Å². The Morgan fingerprint density at radius 1 is 1.31 bits per heavy atom. The topological polar surface area (TPSA) is 12.0 Å². The summed E-state index contributed by atoms with van der Waals surface area (Å²) >= 11 is 0. The molecule has 1 nitrogen and oxygen atoms in total. The highest BCUT2D eigenvalue weighted by molar-refractivity contribution is 5.40. The third kappa shape index (κ3) is 3.31. The fraction of sp³-hybridized carbons (Fsp3) is 0.333. The maximum atomic E-state index is 3.16. The van der Waals surface area contributed by atoms with E-state index >= 15 is 0 Å². The van der Waals surface area contributed by atoms with E-state index in [1.54, 1.807) is 0 Å². The van der Waals surface area contributed by atoms with Gasteiger partial charge in [0.05, 0.1) is 0 Å². The average molecular weight is 173 g/mol. The zero-order chi connectivity index (χ0) is 9.52. The van der Waals surface area contributed by atoms with Gasteiger partial charge in [-0.05, 0) is 25.6 Å². The lowest BCUT2D eigenvalue weighted by molar-refractivity contribution is 0.818. The summed E-state index contributed by atoms with van der Waals surface area (Å²) in [5.41, 5.74) is 2.39. The van der Waals surface area contributed by atoms with E-state index in [2.05, 4.69) is 36.2 Å². The summed E-state index contributed by atoms with van der Waals surface area (Å²) in [6, 6.07) is 8.20. The molecule has 0 aromatic heterocycles. The molecule has 1 heteroatoms. The molecule has 0 aliphatic carbocycles. The molecular weight excluding hydrogens is 158 g/mol. The van der Waals surface area contributed by atoms with Crippen LogP contribution in [0.5, 0.6) is 0 Å². The molecule has 1 N–H and O–H groups in total. The van der Waals surface area contributed by atoms with Gasteiger partial charge in [0.25, 0.3) is 0 Å². The van der Waals surface area contributed by atoms with Gasteiger partial charge in [0.1, 0.15) is 0 Å². The summed E-state index contributed by atoms with van der Waals surface area (Å²) in [5, 5.41) is 3.07. The molecule has 1 aromatic rings. The Labute approximate surface area is 80.2 Å². The van der Waals surface area contributed by atoms with Crippen molar-refractivity contribution in [2.75, 3.05) is 13.6 Å². The Hall–Kier alpha value is -1.26. The van der Waals surface area contributed by atoms with Crippen molar-refractivity contribution in [1.82, 2.24) is 5.32 Å².